The van der Waals surface area contributed by atoms with E-state index in [2.05, 4.69) is 11.4 Å². The second kappa shape index (κ2) is 3.30. The summed E-state index contributed by atoms with van der Waals surface area (Å²) in [7, 11) is 0. The van der Waals surface area contributed by atoms with Gasteiger partial charge in [0, 0.05) is 6.04 Å². The summed E-state index contributed by atoms with van der Waals surface area (Å²) in [6.45, 7) is 0.746. The zero-order valence-corrected chi connectivity index (χ0v) is 5.38. The van der Waals surface area contributed by atoms with Crippen LogP contribution in [0.5, 0.6) is 0 Å². The topological polar surface area (TPSA) is 38.0 Å². The van der Waals surface area contributed by atoms with E-state index in [1.54, 1.807) is 0 Å². The number of hydrogen-bond acceptors (Lipinski definition) is 2. The molecular weight excluding hydrogens is 112 g/mol. The Morgan fingerprint density at radius 1 is 1.44 bits per heavy atom. The van der Waals surface area contributed by atoms with E-state index in [9.17, 15) is 0 Å². The van der Waals surface area contributed by atoms with Gasteiger partial charge in [-0.25, -0.2) is 0 Å². The Morgan fingerprint density at radius 2 is 2.33 bits per heavy atom. The van der Waals surface area contributed by atoms with Crippen molar-refractivity contribution in [2.75, 3.05) is 6.54 Å². The fraction of sp³-hybridized carbons (Fsp3) is 0.429. The van der Waals surface area contributed by atoms with Gasteiger partial charge in [-0.2, -0.15) is 0 Å². The van der Waals surface area contributed by atoms with E-state index in [1.807, 2.05) is 18.4 Å². The van der Waals surface area contributed by atoms with Crippen molar-refractivity contribution in [3.05, 3.63) is 24.4 Å². The standard InChI is InChI=1S/C7H12N2/c8-5-4-7-3-1-2-6-9-7/h1-3,6-7,9H,4-5,8H2. The van der Waals surface area contributed by atoms with E-state index >= 15 is 0 Å². The van der Waals surface area contributed by atoms with Gasteiger partial charge >= 0.3 is 0 Å². The predicted molar refractivity (Wildman–Crippen MR) is 38.9 cm³/mol. The number of nitrogens with two attached hydrogens (primary N) is 1. The molecule has 9 heavy (non-hydrogen) atoms. The summed E-state index contributed by atoms with van der Waals surface area (Å²) >= 11 is 0. The smallest absolute Gasteiger partial charge is 0.0454 e. The van der Waals surface area contributed by atoms with Gasteiger partial charge in [-0.05, 0) is 25.2 Å². The molecule has 2 heteroatoms. The normalized spacial score (nSPS) is 23.9. The zero-order chi connectivity index (χ0) is 6.53. The van der Waals surface area contributed by atoms with Gasteiger partial charge in [0.15, 0.2) is 0 Å². The number of hydrogen-bond donors (Lipinski definition) is 2. The van der Waals surface area contributed by atoms with Crippen molar-refractivity contribution >= 4 is 0 Å². The second-order valence-corrected chi connectivity index (χ2v) is 2.09. The molecule has 1 aliphatic heterocycles. The highest BCUT2D eigenvalue weighted by molar-refractivity contribution is 5.11. The summed E-state index contributed by atoms with van der Waals surface area (Å²) in [6.07, 6.45) is 9.10. The number of allylic oxidation sites excluding steroid dienone is 2. The Labute approximate surface area is 55.4 Å². The van der Waals surface area contributed by atoms with Crippen LogP contribution in [-0.2, 0) is 0 Å². The summed E-state index contributed by atoms with van der Waals surface area (Å²) in [5.74, 6) is 0. The van der Waals surface area contributed by atoms with Gasteiger partial charge in [-0.15, -0.1) is 0 Å². The molecule has 0 fully saturated rings. The first kappa shape index (κ1) is 6.36. The third-order valence-corrected chi connectivity index (χ3v) is 1.34. The Kier molecular flexibility index (Phi) is 2.33. The van der Waals surface area contributed by atoms with Gasteiger partial charge in [-0.3, -0.25) is 0 Å². The minimum atomic E-state index is 0.458. The molecule has 1 unspecified atom stereocenters. The molecule has 1 heterocycles. The van der Waals surface area contributed by atoms with Crippen LogP contribution >= 0.6 is 0 Å². The molecule has 1 aliphatic rings. The Bertz CT molecular complexity index is 127. The molecular formula is C7H12N2. The summed E-state index contributed by atoms with van der Waals surface area (Å²) in [5.41, 5.74) is 5.36. The van der Waals surface area contributed by atoms with Gasteiger partial charge < -0.3 is 11.1 Å². The lowest BCUT2D eigenvalue weighted by molar-refractivity contribution is 0.641. The summed E-state index contributed by atoms with van der Waals surface area (Å²) in [6, 6.07) is 0.458. The van der Waals surface area contributed by atoms with E-state index in [0.717, 1.165) is 13.0 Å². The van der Waals surface area contributed by atoms with Crippen LogP contribution < -0.4 is 11.1 Å². The van der Waals surface area contributed by atoms with E-state index in [4.69, 9.17) is 5.73 Å². The molecule has 0 aromatic rings. The summed E-state index contributed by atoms with van der Waals surface area (Å²) in [4.78, 5) is 0. The first-order valence-corrected chi connectivity index (χ1v) is 3.23. The third kappa shape index (κ3) is 1.90. The van der Waals surface area contributed by atoms with Crippen molar-refractivity contribution in [3.63, 3.8) is 0 Å². The minimum Gasteiger partial charge on any atom is -0.385 e. The maximum absolute atomic E-state index is 5.36. The van der Waals surface area contributed by atoms with Gasteiger partial charge in [0.05, 0.1) is 0 Å². The van der Waals surface area contributed by atoms with Crippen LogP contribution in [0.1, 0.15) is 6.42 Å². The molecule has 0 aromatic heterocycles. The molecule has 0 saturated carbocycles. The lowest BCUT2D eigenvalue weighted by atomic mass is 10.1. The van der Waals surface area contributed by atoms with Crippen molar-refractivity contribution in [1.82, 2.24) is 5.32 Å². The van der Waals surface area contributed by atoms with Crippen LogP contribution in [0.2, 0.25) is 0 Å². The third-order valence-electron chi connectivity index (χ3n) is 1.34. The SMILES string of the molecule is NCCC1C=CC=CN1. The van der Waals surface area contributed by atoms with Crippen molar-refractivity contribution in [2.45, 2.75) is 12.5 Å². The quantitative estimate of drug-likeness (QED) is 0.558. The Hall–Kier alpha value is -0.760. The van der Waals surface area contributed by atoms with Crippen molar-refractivity contribution in [2.24, 2.45) is 5.73 Å². The molecule has 0 amide bonds. The summed E-state index contributed by atoms with van der Waals surface area (Å²) < 4.78 is 0. The van der Waals surface area contributed by atoms with Crippen LogP contribution in [-0.4, -0.2) is 12.6 Å². The Balaban J connectivity index is 2.28. The fourth-order valence-corrected chi connectivity index (χ4v) is 0.848. The lowest BCUT2D eigenvalue weighted by Crippen LogP contribution is -2.26. The van der Waals surface area contributed by atoms with Crippen molar-refractivity contribution in [1.29, 1.82) is 0 Å². The first-order valence-electron chi connectivity index (χ1n) is 3.23. The molecule has 3 N–H and O–H groups in total. The molecule has 1 rings (SSSR count). The Morgan fingerprint density at radius 3 is 2.89 bits per heavy atom. The molecule has 0 aliphatic carbocycles. The zero-order valence-electron chi connectivity index (χ0n) is 5.38. The largest absolute Gasteiger partial charge is 0.385 e. The van der Waals surface area contributed by atoms with E-state index in [-0.39, 0.29) is 0 Å². The van der Waals surface area contributed by atoms with E-state index < -0.39 is 0 Å². The van der Waals surface area contributed by atoms with Gasteiger partial charge in [0.2, 0.25) is 0 Å². The molecule has 0 spiro atoms. The lowest BCUT2D eigenvalue weighted by Gasteiger charge is -2.13. The van der Waals surface area contributed by atoms with Crippen LogP contribution in [0.15, 0.2) is 24.4 Å². The number of nitrogens with one attached hydrogen (secondary N) is 1. The van der Waals surface area contributed by atoms with Crippen LogP contribution in [0, 0.1) is 0 Å². The van der Waals surface area contributed by atoms with Gasteiger partial charge in [0.25, 0.3) is 0 Å². The van der Waals surface area contributed by atoms with E-state index in [0.29, 0.717) is 6.04 Å². The summed E-state index contributed by atoms with van der Waals surface area (Å²) in [5, 5.41) is 3.17. The molecule has 0 radical (unpaired) electrons. The maximum Gasteiger partial charge on any atom is 0.0454 e. The van der Waals surface area contributed by atoms with Crippen molar-refractivity contribution in [3.8, 4) is 0 Å². The molecule has 0 bridgehead atoms. The molecule has 2 nitrogen and oxygen atoms in total. The first-order chi connectivity index (χ1) is 4.43. The monoisotopic (exact) mass is 124 g/mol. The average Bonchev–Trinajstić information content (AvgIpc) is 1.91. The molecule has 50 valence electrons. The van der Waals surface area contributed by atoms with Crippen molar-refractivity contribution < 1.29 is 0 Å². The van der Waals surface area contributed by atoms with Crippen LogP contribution in [0.4, 0.5) is 0 Å². The minimum absolute atomic E-state index is 0.458. The highest BCUT2D eigenvalue weighted by atomic mass is 14.9. The average molecular weight is 124 g/mol. The second-order valence-electron chi connectivity index (χ2n) is 2.09. The highest BCUT2D eigenvalue weighted by Gasteiger charge is 1.99. The fourth-order valence-electron chi connectivity index (χ4n) is 0.848. The predicted octanol–water partition coefficient (Wildman–Crippen LogP) is 0.377. The van der Waals surface area contributed by atoms with Gasteiger partial charge in [0.1, 0.15) is 0 Å². The molecule has 0 aromatic carbocycles. The molecule has 0 saturated heterocycles. The van der Waals surface area contributed by atoms with Gasteiger partial charge in [-0.1, -0.05) is 12.2 Å². The maximum atomic E-state index is 5.36. The van der Waals surface area contributed by atoms with E-state index in [1.165, 1.54) is 0 Å². The number of dihydropyridines is 1. The highest BCUT2D eigenvalue weighted by Crippen LogP contribution is 1.96. The molecule has 1 atom stereocenters. The van der Waals surface area contributed by atoms with Crippen LogP contribution in [0.3, 0.4) is 0 Å². The van der Waals surface area contributed by atoms with Crippen LogP contribution in [0.25, 0.3) is 0 Å². The number of rotatable bonds is 2.